The third-order valence-corrected chi connectivity index (χ3v) is 5.80. The Morgan fingerprint density at radius 2 is 1.62 bits per heavy atom. The minimum Gasteiger partial charge on any atom is -0.494 e. The zero-order valence-corrected chi connectivity index (χ0v) is 19.7. The fraction of sp³-hybridized carbons (Fsp3) is 0.222. The van der Waals surface area contributed by atoms with Crippen LogP contribution in [0, 0.1) is 0 Å². The molecule has 174 valence electrons. The number of unbranched alkanes of at least 4 members (excludes halogenated alkanes) is 1. The van der Waals surface area contributed by atoms with E-state index in [1.165, 1.54) is 9.13 Å². The molecule has 0 radical (unpaired) electrons. The van der Waals surface area contributed by atoms with Crippen molar-refractivity contribution in [3.8, 4) is 22.7 Å². The maximum Gasteiger partial charge on any atom is 0.264 e. The molecule has 0 saturated heterocycles. The molecule has 0 aliphatic rings. The first-order valence-electron chi connectivity index (χ1n) is 11.3. The maximum atomic E-state index is 12.9. The molecule has 0 N–H and O–H groups in total. The predicted molar refractivity (Wildman–Crippen MR) is 135 cm³/mol. The Bertz CT molecular complexity index is 1490. The predicted octanol–water partition coefficient (Wildman–Crippen LogP) is 2.35. The molecule has 0 aliphatic carbocycles. The zero-order valence-electron chi connectivity index (χ0n) is 19.7. The summed E-state index contributed by atoms with van der Waals surface area (Å²) in [5, 5.41) is 4.85. The minimum absolute atomic E-state index is 0.0609. The first kappa shape index (κ1) is 23.0. The lowest BCUT2D eigenvalue weighted by molar-refractivity contribution is 0.309. The smallest absolute Gasteiger partial charge is 0.264 e. The van der Waals surface area contributed by atoms with E-state index in [4.69, 9.17) is 9.84 Å². The van der Waals surface area contributed by atoms with Gasteiger partial charge in [0.05, 0.1) is 18.0 Å². The van der Waals surface area contributed by atoms with Crippen molar-refractivity contribution in [3.05, 3.63) is 97.8 Å². The highest BCUT2D eigenvalue weighted by molar-refractivity contribution is 5.72. The lowest BCUT2D eigenvalue weighted by Gasteiger charge is -2.06. The standard InChI is InChI=1S/C27H28N4O3/c1-5-6-16-34-23-14-12-20(13-15-23)25-21(18-31(28-25)22-10-8-7-9-11-22)17-24-26(32)29(3)19(2)30(4)27(24)33/h7-15,17-18H,2,5-6,16H2,1,3-4H3. The summed E-state index contributed by atoms with van der Waals surface area (Å²) in [6, 6.07) is 17.4. The zero-order chi connectivity index (χ0) is 24.2. The van der Waals surface area contributed by atoms with Crippen LogP contribution >= 0.6 is 0 Å². The van der Waals surface area contributed by atoms with Crippen LogP contribution in [0.25, 0.3) is 29.6 Å². The molecule has 4 aromatic rings. The van der Waals surface area contributed by atoms with Gasteiger partial charge in [-0.25, -0.2) is 4.68 Å². The van der Waals surface area contributed by atoms with E-state index >= 15 is 0 Å². The number of para-hydroxylation sites is 1. The molecule has 0 bridgehead atoms. The quantitative estimate of drug-likeness (QED) is 0.400. The van der Waals surface area contributed by atoms with Crippen LogP contribution in [0.4, 0.5) is 0 Å². The monoisotopic (exact) mass is 456 g/mol. The van der Waals surface area contributed by atoms with Crippen LogP contribution in [0.5, 0.6) is 5.75 Å². The summed E-state index contributed by atoms with van der Waals surface area (Å²) < 4.78 is 10.3. The summed E-state index contributed by atoms with van der Waals surface area (Å²) in [4.78, 5) is 25.8. The summed E-state index contributed by atoms with van der Waals surface area (Å²) in [5.74, 6) is 0.791. The first-order chi connectivity index (χ1) is 16.4. The Kier molecular flexibility index (Phi) is 6.63. The molecule has 2 heterocycles. The number of aromatic nitrogens is 4. The Balaban J connectivity index is 1.88. The Morgan fingerprint density at radius 1 is 0.971 bits per heavy atom. The van der Waals surface area contributed by atoms with Crippen molar-refractivity contribution >= 4 is 12.7 Å². The Morgan fingerprint density at radius 3 is 2.24 bits per heavy atom. The van der Waals surface area contributed by atoms with Crippen LogP contribution in [0.1, 0.15) is 25.3 Å². The molecule has 0 spiro atoms. The number of hydrogen-bond acceptors (Lipinski definition) is 4. The lowest BCUT2D eigenvalue weighted by Crippen LogP contribution is -2.56. The molecule has 34 heavy (non-hydrogen) atoms. The van der Waals surface area contributed by atoms with E-state index in [0.717, 1.165) is 29.8 Å². The van der Waals surface area contributed by atoms with Gasteiger partial charge in [-0.1, -0.05) is 38.1 Å². The van der Waals surface area contributed by atoms with Gasteiger partial charge in [0, 0.05) is 31.4 Å². The fourth-order valence-electron chi connectivity index (χ4n) is 3.66. The SMILES string of the molecule is C=c1n(C)c(=O)c(=Cc2cn(-c3ccccc3)nc2-c2ccc(OCCCC)cc2)c(=O)n1C. The van der Waals surface area contributed by atoms with Gasteiger partial charge in [-0.15, -0.1) is 0 Å². The van der Waals surface area contributed by atoms with Crippen molar-refractivity contribution in [1.29, 1.82) is 0 Å². The van der Waals surface area contributed by atoms with Crippen molar-refractivity contribution in [3.63, 3.8) is 0 Å². The molecule has 0 aliphatic heterocycles. The highest BCUT2D eigenvalue weighted by Crippen LogP contribution is 2.26. The summed E-state index contributed by atoms with van der Waals surface area (Å²) >= 11 is 0. The van der Waals surface area contributed by atoms with Gasteiger partial charge in [-0.05, 0) is 48.9 Å². The average molecular weight is 457 g/mol. The van der Waals surface area contributed by atoms with Gasteiger partial charge in [-0.2, -0.15) is 5.10 Å². The second kappa shape index (κ2) is 9.79. The molecule has 4 rings (SSSR count). The van der Waals surface area contributed by atoms with Gasteiger partial charge in [0.1, 0.15) is 16.4 Å². The van der Waals surface area contributed by atoms with Gasteiger partial charge in [-0.3, -0.25) is 18.7 Å². The topological polar surface area (TPSA) is 71.1 Å². The van der Waals surface area contributed by atoms with E-state index in [-0.39, 0.29) is 5.22 Å². The minimum atomic E-state index is -0.397. The lowest BCUT2D eigenvalue weighted by atomic mass is 10.1. The Labute approximate surface area is 197 Å². The molecule has 0 amide bonds. The van der Waals surface area contributed by atoms with E-state index in [9.17, 15) is 9.59 Å². The van der Waals surface area contributed by atoms with Crippen molar-refractivity contribution in [2.24, 2.45) is 14.1 Å². The summed E-state index contributed by atoms with van der Waals surface area (Å²) in [6.45, 7) is 6.61. The third kappa shape index (κ3) is 4.50. The summed E-state index contributed by atoms with van der Waals surface area (Å²) in [7, 11) is 3.21. The van der Waals surface area contributed by atoms with Crippen molar-refractivity contribution in [2.45, 2.75) is 19.8 Å². The molecular formula is C27H28N4O3. The molecule has 2 aromatic carbocycles. The number of benzene rings is 2. The van der Waals surface area contributed by atoms with E-state index in [2.05, 4.69) is 13.5 Å². The van der Waals surface area contributed by atoms with Crippen LogP contribution in [0.2, 0.25) is 0 Å². The average Bonchev–Trinajstić information content (AvgIpc) is 3.29. The maximum absolute atomic E-state index is 12.9. The molecule has 7 heteroatoms. The van der Waals surface area contributed by atoms with Crippen LogP contribution in [0.3, 0.4) is 0 Å². The molecular weight excluding hydrogens is 428 g/mol. The van der Waals surface area contributed by atoms with Gasteiger partial charge in [0.2, 0.25) is 0 Å². The van der Waals surface area contributed by atoms with E-state index < -0.39 is 11.1 Å². The largest absolute Gasteiger partial charge is 0.494 e. The van der Waals surface area contributed by atoms with E-state index in [1.54, 1.807) is 24.9 Å². The molecule has 2 aromatic heterocycles. The van der Waals surface area contributed by atoms with Crippen LogP contribution in [-0.4, -0.2) is 25.5 Å². The fourth-order valence-corrected chi connectivity index (χ4v) is 3.66. The van der Waals surface area contributed by atoms with Gasteiger partial charge >= 0.3 is 0 Å². The summed E-state index contributed by atoms with van der Waals surface area (Å²) in [5.41, 5.74) is 2.59. The van der Waals surface area contributed by atoms with Crippen molar-refractivity contribution in [1.82, 2.24) is 18.9 Å². The molecule has 0 saturated carbocycles. The molecule has 0 atom stereocenters. The first-order valence-corrected chi connectivity index (χ1v) is 11.3. The molecule has 0 unspecified atom stereocenters. The second-order valence-electron chi connectivity index (χ2n) is 8.14. The van der Waals surface area contributed by atoms with Gasteiger partial charge in [0.15, 0.2) is 0 Å². The number of ether oxygens (including phenoxy) is 1. The third-order valence-electron chi connectivity index (χ3n) is 5.80. The highest BCUT2D eigenvalue weighted by atomic mass is 16.5. The molecule has 7 nitrogen and oxygen atoms in total. The number of hydrogen-bond donors (Lipinski definition) is 0. The normalized spacial score (nSPS) is 10.9. The van der Waals surface area contributed by atoms with Crippen LogP contribution < -0.4 is 26.6 Å². The van der Waals surface area contributed by atoms with Crippen molar-refractivity contribution in [2.75, 3.05) is 6.61 Å². The summed E-state index contributed by atoms with van der Waals surface area (Å²) in [6.07, 6.45) is 5.51. The number of rotatable bonds is 7. The van der Waals surface area contributed by atoms with Crippen LogP contribution in [-0.2, 0) is 14.1 Å². The van der Waals surface area contributed by atoms with Gasteiger partial charge in [0.25, 0.3) is 11.1 Å². The second-order valence-corrected chi connectivity index (χ2v) is 8.14. The van der Waals surface area contributed by atoms with E-state index in [1.807, 2.05) is 60.8 Å². The van der Waals surface area contributed by atoms with E-state index in [0.29, 0.717) is 23.3 Å². The van der Waals surface area contributed by atoms with Crippen molar-refractivity contribution < 1.29 is 4.74 Å². The Hall–Kier alpha value is -4.13. The molecule has 0 fully saturated rings. The number of nitrogens with zero attached hydrogens (tertiary/aromatic N) is 4. The van der Waals surface area contributed by atoms with Crippen LogP contribution in [0.15, 0.2) is 70.4 Å². The van der Waals surface area contributed by atoms with Gasteiger partial charge < -0.3 is 4.74 Å². The highest BCUT2D eigenvalue weighted by Gasteiger charge is 2.13.